The summed E-state index contributed by atoms with van der Waals surface area (Å²) in [6, 6.07) is 5.06. The van der Waals surface area contributed by atoms with Crippen LogP contribution in [0.25, 0.3) is 10.9 Å². The molecule has 0 amide bonds. The molecule has 0 atom stereocenters. The second-order valence-electron chi connectivity index (χ2n) is 4.04. The molecule has 0 saturated carbocycles. The zero-order valence-corrected chi connectivity index (χ0v) is 11.3. The fraction of sp³-hybridized carbons (Fsp3) is 0.250. The monoisotopic (exact) mass is 333 g/mol. The van der Waals surface area contributed by atoms with Crippen molar-refractivity contribution in [2.24, 2.45) is 0 Å². The SMILES string of the molecule is Nc1ccc(NCCC(F)(F)F)c2ncc(Br)cc12. The lowest BCUT2D eigenvalue weighted by Crippen LogP contribution is -2.14. The number of benzene rings is 1. The van der Waals surface area contributed by atoms with Gasteiger partial charge in [-0.2, -0.15) is 13.2 Å². The highest BCUT2D eigenvalue weighted by Gasteiger charge is 2.26. The van der Waals surface area contributed by atoms with E-state index in [0.29, 0.717) is 22.3 Å². The molecule has 2 aromatic rings. The summed E-state index contributed by atoms with van der Waals surface area (Å²) in [7, 11) is 0. The van der Waals surface area contributed by atoms with Gasteiger partial charge in [-0.25, -0.2) is 0 Å². The van der Waals surface area contributed by atoms with Gasteiger partial charge in [0.05, 0.1) is 17.6 Å². The first-order valence-corrected chi connectivity index (χ1v) is 6.30. The highest BCUT2D eigenvalue weighted by molar-refractivity contribution is 9.10. The lowest BCUT2D eigenvalue weighted by Gasteiger charge is -2.12. The van der Waals surface area contributed by atoms with Crippen molar-refractivity contribution in [1.82, 2.24) is 4.98 Å². The quantitative estimate of drug-likeness (QED) is 0.836. The summed E-state index contributed by atoms with van der Waals surface area (Å²) in [6.45, 7) is -0.194. The maximum absolute atomic E-state index is 12.1. The van der Waals surface area contributed by atoms with Gasteiger partial charge in [-0.05, 0) is 34.1 Å². The molecule has 0 aliphatic carbocycles. The summed E-state index contributed by atoms with van der Waals surface area (Å²) in [6.07, 6.45) is -3.49. The molecule has 1 aromatic heterocycles. The Morgan fingerprint density at radius 3 is 2.74 bits per heavy atom. The zero-order chi connectivity index (χ0) is 14.0. The van der Waals surface area contributed by atoms with Gasteiger partial charge in [-0.3, -0.25) is 4.98 Å². The van der Waals surface area contributed by atoms with Crippen LogP contribution in [-0.4, -0.2) is 17.7 Å². The second-order valence-corrected chi connectivity index (χ2v) is 4.96. The number of nitrogens with zero attached hydrogens (tertiary/aromatic N) is 1. The molecule has 2 rings (SSSR count). The van der Waals surface area contributed by atoms with Gasteiger partial charge < -0.3 is 11.1 Å². The van der Waals surface area contributed by atoms with E-state index in [1.54, 1.807) is 24.4 Å². The average molecular weight is 334 g/mol. The van der Waals surface area contributed by atoms with E-state index in [9.17, 15) is 13.2 Å². The molecule has 1 aromatic carbocycles. The highest BCUT2D eigenvalue weighted by atomic mass is 79.9. The van der Waals surface area contributed by atoms with Gasteiger partial charge in [0.25, 0.3) is 0 Å². The third-order valence-corrected chi connectivity index (χ3v) is 3.01. The van der Waals surface area contributed by atoms with Crippen molar-refractivity contribution in [2.75, 3.05) is 17.6 Å². The van der Waals surface area contributed by atoms with Crippen molar-refractivity contribution in [3.8, 4) is 0 Å². The molecular weight excluding hydrogens is 323 g/mol. The predicted octanol–water partition coefficient (Wildman–Crippen LogP) is 3.94. The lowest BCUT2D eigenvalue weighted by molar-refractivity contribution is -0.131. The number of fused-ring (bicyclic) bond motifs is 1. The third-order valence-electron chi connectivity index (χ3n) is 2.57. The number of anilines is 2. The second kappa shape index (κ2) is 5.24. The first kappa shape index (κ1) is 13.9. The van der Waals surface area contributed by atoms with E-state index >= 15 is 0 Å². The summed E-state index contributed by atoms with van der Waals surface area (Å²) in [5.74, 6) is 0. The summed E-state index contributed by atoms with van der Waals surface area (Å²) >= 11 is 3.28. The standard InChI is InChI=1S/C12H11BrF3N3/c13-7-5-8-9(17)1-2-10(11(8)19-6-7)18-4-3-12(14,15)16/h1-2,5-6,18H,3-4,17H2. The molecule has 1 heterocycles. The normalized spacial score (nSPS) is 11.8. The molecule has 0 saturated heterocycles. The van der Waals surface area contributed by atoms with Crippen LogP contribution in [0.15, 0.2) is 28.9 Å². The van der Waals surface area contributed by atoms with Crippen molar-refractivity contribution >= 4 is 38.2 Å². The van der Waals surface area contributed by atoms with Crippen LogP contribution in [0.2, 0.25) is 0 Å². The molecule has 7 heteroatoms. The third kappa shape index (κ3) is 3.50. The van der Waals surface area contributed by atoms with Crippen molar-refractivity contribution in [3.63, 3.8) is 0 Å². The first-order chi connectivity index (χ1) is 8.87. The van der Waals surface area contributed by atoms with Crippen LogP contribution in [0.4, 0.5) is 24.5 Å². The van der Waals surface area contributed by atoms with E-state index in [1.165, 1.54) is 0 Å². The summed E-state index contributed by atoms with van der Waals surface area (Å²) in [4.78, 5) is 4.19. The maximum Gasteiger partial charge on any atom is 0.390 e. The van der Waals surface area contributed by atoms with Crippen LogP contribution in [0.5, 0.6) is 0 Å². The molecule has 0 spiro atoms. The molecular formula is C12H11BrF3N3. The van der Waals surface area contributed by atoms with Gasteiger partial charge in [-0.15, -0.1) is 0 Å². The number of hydrogen-bond acceptors (Lipinski definition) is 3. The molecule has 0 aliphatic heterocycles. The van der Waals surface area contributed by atoms with Crippen molar-refractivity contribution in [3.05, 3.63) is 28.9 Å². The van der Waals surface area contributed by atoms with Gasteiger partial charge in [0.15, 0.2) is 0 Å². The van der Waals surface area contributed by atoms with Crippen LogP contribution in [0, 0.1) is 0 Å². The molecule has 0 fully saturated rings. The van der Waals surface area contributed by atoms with E-state index in [0.717, 1.165) is 4.47 Å². The summed E-state index contributed by atoms with van der Waals surface area (Å²) < 4.78 is 37.1. The van der Waals surface area contributed by atoms with Crippen molar-refractivity contribution in [2.45, 2.75) is 12.6 Å². The smallest absolute Gasteiger partial charge is 0.390 e. The minimum Gasteiger partial charge on any atom is -0.398 e. The Morgan fingerprint density at radius 2 is 2.05 bits per heavy atom. The first-order valence-electron chi connectivity index (χ1n) is 5.51. The zero-order valence-electron chi connectivity index (χ0n) is 9.76. The van der Waals surface area contributed by atoms with E-state index < -0.39 is 12.6 Å². The number of aromatic nitrogens is 1. The molecule has 102 valence electrons. The molecule has 0 radical (unpaired) electrons. The molecule has 0 aliphatic rings. The Labute approximate surface area is 116 Å². The number of nitrogens with one attached hydrogen (secondary N) is 1. The van der Waals surface area contributed by atoms with Crippen molar-refractivity contribution in [1.29, 1.82) is 0 Å². The Bertz CT molecular complexity index is 599. The Hall–Kier alpha value is -1.50. The lowest BCUT2D eigenvalue weighted by atomic mass is 10.1. The topological polar surface area (TPSA) is 50.9 Å². The van der Waals surface area contributed by atoms with Gasteiger partial charge in [-0.1, -0.05) is 0 Å². The predicted molar refractivity (Wildman–Crippen MR) is 73.0 cm³/mol. The van der Waals surface area contributed by atoms with Gasteiger partial charge in [0.2, 0.25) is 0 Å². The molecule has 19 heavy (non-hydrogen) atoms. The number of pyridine rings is 1. The van der Waals surface area contributed by atoms with Gasteiger partial charge in [0, 0.05) is 28.3 Å². The van der Waals surface area contributed by atoms with Crippen LogP contribution in [0.1, 0.15) is 6.42 Å². The Balaban J connectivity index is 2.27. The molecule has 0 unspecified atom stereocenters. The number of hydrogen-bond donors (Lipinski definition) is 2. The number of halogens is 4. The largest absolute Gasteiger partial charge is 0.398 e. The Kier molecular flexibility index (Phi) is 3.84. The van der Waals surface area contributed by atoms with Gasteiger partial charge in [0.1, 0.15) is 0 Å². The van der Waals surface area contributed by atoms with Crippen molar-refractivity contribution < 1.29 is 13.2 Å². The van der Waals surface area contributed by atoms with Crippen LogP contribution in [0.3, 0.4) is 0 Å². The number of alkyl halides is 3. The minimum atomic E-state index is -4.17. The van der Waals surface area contributed by atoms with Gasteiger partial charge >= 0.3 is 6.18 Å². The molecule has 0 bridgehead atoms. The maximum atomic E-state index is 12.1. The summed E-state index contributed by atoms with van der Waals surface area (Å²) in [5.41, 5.74) is 7.46. The fourth-order valence-electron chi connectivity index (χ4n) is 1.70. The summed E-state index contributed by atoms with van der Waals surface area (Å²) in [5, 5.41) is 3.44. The van der Waals surface area contributed by atoms with E-state index in [1.807, 2.05) is 0 Å². The molecule has 3 N–H and O–H groups in total. The van der Waals surface area contributed by atoms with E-state index in [-0.39, 0.29) is 6.54 Å². The molecule has 3 nitrogen and oxygen atoms in total. The van der Waals surface area contributed by atoms with E-state index in [2.05, 4.69) is 26.2 Å². The Morgan fingerprint density at radius 1 is 1.32 bits per heavy atom. The van der Waals surface area contributed by atoms with Crippen LogP contribution < -0.4 is 11.1 Å². The number of rotatable bonds is 3. The van der Waals surface area contributed by atoms with E-state index in [4.69, 9.17) is 5.73 Å². The minimum absolute atomic E-state index is 0.194. The fourth-order valence-corrected chi connectivity index (χ4v) is 2.03. The van der Waals surface area contributed by atoms with Crippen LogP contribution in [-0.2, 0) is 0 Å². The van der Waals surface area contributed by atoms with Crippen LogP contribution >= 0.6 is 15.9 Å². The number of nitrogens with two attached hydrogens (primary N) is 1. The average Bonchev–Trinajstić information content (AvgIpc) is 2.31. The number of nitrogen functional groups attached to an aromatic ring is 1. The highest BCUT2D eigenvalue weighted by Crippen LogP contribution is 2.29.